The summed E-state index contributed by atoms with van der Waals surface area (Å²) in [5.74, 6) is -0.172. The Labute approximate surface area is 134 Å². The van der Waals surface area contributed by atoms with Crippen LogP contribution in [-0.4, -0.2) is 15.9 Å². The Kier molecular flexibility index (Phi) is 4.14. The molecule has 1 aliphatic rings. The van der Waals surface area contributed by atoms with Crippen LogP contribution in [0.1, 0.15) is 48.8 Å². The van der Waals surface area contributed by atoms with E-state index in [1.807, 2.05) is 12.1 Å². The standard InChI is InChI=1S/C17H20N4O2/c1-2-3-5-10-6-4-7-11(8-10)12-9-13(22)19-15-14(12)16(23)21-17(18)20-15/h4,6-8,12H,2-3,5,9H2,1H3,(H4,18,19,20,21,22,23). The molecular weight excluding hydrogens is 292 g/mol. The summed E-state index contributed by atoms with van der Waals surface area (Å²) in [6.45, 7) is 2.15. The highest BCUT2D eigenvalue weighted by atomic mass is 16.2. The van der Waals surface area contributed by atoms with Gasteiger partial charge in [0.1, 0.15) is 5.82 Å². The number of aryl methyl sites for hydroxylation is 1. The van der Waals surface area contributed by atoms with E-state index in [4.69, 9.17) is 5.73 Å². The molecule has 6 heteroatoms. The number of aromatic amines is 1. The lowest BCUT2D eigenvalue weighted by Crippen LogP contribution is -2.31. The molecule has 0 saturated carbocycles. The van der Waals surface area contributed by atoms with Crippen LogP contribution in [0.15, 0.2) is 29.1 Å². The van der Waals surface area contributed by atoms with E-state index in [1.54, 1.807) is 0 Å². The van der Waals surface area contributed by atoms with Gasteiger partial charge in [-0.2, -0.15) is 4.98 Å². The summed E-state index contributed by atoms with van der Waals surface area (Å²) in [5, 5.41) is 2.64. The molecule has 2 heterocycles. The fraction of sp³-hybridized carbons (Fsp3) is 0.353. The molecule has 120 valence electrons. The van der Waals surface area contributed by atoms with E-state index < -0.39 is 0 Å². The summed E-state index contributed by atoms with van der Waals surface area (Å²) >= 11 is 0. The second-order valence-electron chi connectivity index (χ2n) is 5.87. The maximum atomic E-state index is 12.3. The number of nitrogens with two attached hydrogens (primary N) is 1. The van der Waals surface area contributed by atoms with Crippen LogP contribution in [-0.2, 0) is 11.2 Å². The van der Waals surface area contributed by atoms with E-state index in [2.05, 4.69) is 34.3 Å². The molecular formula is C17H20N4O2. The summed E-state index contributed by atoms with van der Waals surface area (Å²) in [5.41, 5.74) is 7.94. The van der Waals surface area contributed by atoms with Gasteiger partial charge in [0, 0.05) is 12.3 Å². The minimum atomic E-state index is -0.295. The number of hydrogen-bond donors (Lipinski definition) is 3. The Morgan fingerprint density at radius 2 is 2.17 bits per heavy atom. The first-order valence-electron chi connectivity index (χ1n) is 7.87. The van der Waals surface area contributed by atoms with Crippen molar-refractivity contribution in [1.82, 2.24) is 9.97 Å². The minimum Gasteiger partial charge on any atom is -0.369 e. The van der Waals surface area contributed by atoms with Gasteiger partial charge in [-0.1, -0.05) is 37.6 Å². The number of nitrogens with one attached hydrogen (secondary N) is 2. The average molecular weight is 312 g/mol. The fourth-order valence-electron chi connectivity index (χ4n) is 3.02. The number of rotatable bonds is 4. The Morgan fingerprint density at radius 1 is 1.35 bits per heavy atom. The van der Waals surface area contributed by atoms with Crippen molar-refractivity contribution in [3.05, 3.63) is 51.3 Å². The third kappa shape index (κ3) is 3.11. The SMILES string of the molecule is CCCCc1cccc(C2CC(=O)Nc3nc(N)[nH]c(=O)c32)c1. The van der Waals surface area contributed by atoms with Crippen LogP contribution in [0.3, 0.4) is 0 Å². The summed E-state index contributed by atoms with van der Waals surface area (Å²) in [6.07, 6.45) is 3.47. The topological polar surface area (TPSA) is 101 Å². The molecule has 0 saturated heterocycles. The van der Waals surface area contributed by atoms with Gasteiger partial charge in [0.05, 0.1) is 5.56 Å². The Hall–Kier alpha value is -2.63. The van der Waals surface area contributed by atoms with E-state index >= 15 is 0 Å². The molecule has 0 radical (unpaired) electrons. The van der Waals surface area contributed by atoms with Crippen LogP contribution in [0.2, 0.25) is 0 Å². The zero-order valence-electron chi connectivity index (χ0n) is 13.1. The van der Waals surface area contributed by atoms with Crippen molar-refractivity contribution >= 4 is 17.7 Å². The van der Waals surface area contributed by atoms with Crippen LogP contribution >= 0.6 is 0 Å². The number of unbranched alkanes of at least 4 members (excludes halogenated alkanes) is 1. The zero-order chi connectivity index (χ0) is 16.4. The molecule has 1 aromatic carbocycles. The maximum absolute atomic E-state index is 12.3. The number of amides is 1. The number of nitrogens with zero attached hydrogens (tertiary/aromatic N) is 1. The van der Waals surface area contributed by atoms with Crippen molar-refractivity contribution < 1.29 is 4.79 Å². The number of nitrogen functional groups attached to an aromatic ring is 1. The summed E-state index contributed by atoms with van der Waals surface area (Å²) in [6, 6.07) is 8.09. The van der Waals surface area contributed by atoms with E-state index in [1.165, 1.54) is 5.56 Å². The van der Waals surface area contributed by atoms with Crippen molar-refractivity contribution in [2.24, 2.45) is 0 Å². The molecule has 1 aliphatic heterocycles. The highest BCUT2D eigenvalue weighted by molar-refractivity contribution is 5.94. The predicted molar refractivity (Wildman–Crippen MR) is 89.4 cm³/mol. The van der Waals surface area contributed by atoms with E-state index in [9.17, 15) is 9.59 Å². The monoisotopic (exact) mass is 312 g/mol. The minimum absolute atomic E-state index is 0.00592. The van der Waals surface area contributed by atoms with Crippen molar-refractivity contribution in [2.45, 2.75) is 38.5 Å². The van der Waals surface area contributed by atoms with Gasteiger partial charge in [0.15, 0.2) is 0 Å². The molecule has 1 atom stereocenters. The number of aromatic nitrogens is 2. The number of anilines is 2. The van der Waals surface area contributed by atoms with Crippen LogP contribution < -0.4 is 16.6 Å². The molecule has 3 rings (SSSR count). The first-order valence-corrected chi connectivity index (χ1v) is 7.87. The molecule has 1 aromatic heterocycles. The predicted octanol–water partition coefficient (Wildman–Crippen LogP) is 2.17. The summed E-state index contributed by atoms with van der Waals surface area (Å²) in [4.78, 5) is 30.9. The molecule has 0 spiro atoms. The maximum Gasteiger partial charge on any atom is 0.258 e. The lowest BCUT2D eigenvalue weighted by molar-refractivity contribution is -0.116. The van der Waals surface area contributed by atoms with Crippen molar-refractivity contribution in [2.75, 3.05) is 11.1 Å². The largest absolute Gasteiger partial charge is 0.369 e. The Balaban J connectivity index is 2.04. The highest BCUT2D eigenvalue weighted by Crippen LogP contribution is 2.34. The summed E-state index contributed by atoms with van der Waals surface area (Å²) in [7, 11) is 0. The van der Waals surface area contributed by atoms with Gasteiger partial charge in [-0.05, 0) is 24.0 Å². The van der Waals surface area contributed by atoms with Crippen LogP contribution in [0, 0.1) is 0 Å². The highest BCUT2D eigenvalue weighted by Gasteiger charge is 2.30. The molecule has 0 bridgehead atoms. The second-order valence-corrected chi connectivity index (χ2v) is 5.87. The number of fused-ring (bicyclic) bond motifs is 1. The van der Waals surface area contributed by atoms with Crippen LogP contribution in [0.5, 0.6) is 0 Å². The fourth-order valence-corrected chi connectivity index (χ4v) is 3.02. The molecule has 6 nitrogen and oxygen atoms in total. The Bertz CT molecular complexity index is 797. The average Bonchev–Trinajstić information content (AvgIpc) is 2.51. The lowest BCUT2D eigenvalue weighted by atomic mass is 9.86. The molecule has 2 aromatic rings. The van der Waals surface area contributed by atoms with Gasteiger partial charge >= 0.3 is 0 Å². The van der Waals surface area contributed by atoms with E-state index in [-0.39, 0.29) is 35.6 Å². The number of carbonyl (C=O) groups excluding carboxylic acids is 1. The number of benzene rings is 1. The van der Waals surface area contributed by atoms with Crippen molar-refractivity contribution in [3.63, 3.8) is 0 Å². The lowest BCUT2D eigenvalue weighted by Gasteiger charge is -2.24. The second kappa shape index (κ2) is 6.24. The molecule has 4 N–H and O–H groups in total. The normalized spacial score (nSPS) is 16.7. The third-order valence-electron chi connectivity index (χ3n) is 4.14. The van der Waals surface area contributed by atoms with Gasteiger partial charge in [0.2, 0.25) is 11.9 Å². The van der Waals surface area contributed by atoms with Crippen LogP contribution in [0.4, 0.5) is 11.8 Å². The van der Waals surface area contributed by atoms with Gasteiger partial charge in [-0.25, -0.2) is 0 Å². The van der Waals surface area contributed by atoms with Gasteiger partial charge in [0.25, 0.3) is 5.56 Å². The molecule has 0 aliphatic carbocycles. The first kappa shape index (κ1) is 15.3. The molecule has 1 unspecified atom stereocenters. The molecule has 23 heavy (non-hydrogen) atoms. The number of H-pyrrole nitrogens is 1. The van der Waals surface area contributed by atoms with Crippen LogP contribution in [0.25, 0.3) is 0 Å². The zero-order valence-corrected chi connectivity index (χ0v) is 13.1. The van der Waals surface area contributed by atoms with Gasteiger partial charge < -0.3 is 11.1 Å². The van der Waals surface area contributed by atoms with Gasteiger partial charge in [-0.15, -0.1) is 0 Å². The number of carbonyl (C=O) groups is 1. The number of hydrogen-bond acceptors (Lipinski definition) is 4. The first-order chi connectivity index (χ1) is 11.1. The van der Waals surface area contributed by atoms with E-state index in [0.717, 1.165) is 24.8 Å². The Morgan fingerprint density at radius 3 is 2.96 bits per heavy atom. The smallest absolute Gasteiger partial charge is 0.258 e. The van der Waals surface area contributed by atoms with Crippen molar-refractivity contribution in [1.29, 1.82) is 0 Å². The van der Waals surface area contributed by atoms with E-state index in [0.29, 0.717) is 5.56 Å². The third-order valence-corrected chi connectivity index (χ3v) is 4.14. The quantitative estimate of drug-likeness (QED) is 0.805. The molecule has 1 amide bonds. The van der Waals surface area contributed by atoms with Gasteiger partial charge in [-0.3, -0.25) is 14.6 Å². The summed E-state index contributed by atoms with van der Waals surface area (Å²) < 4.78 is 0. The van der Waals surface area contributed by atoms with Crippen molar-refractivity contribution in [3.8, 4) is 0 Å². The molecule has 0 fully saturated rings.